The van der Waals surface area contributed by atoms with Gasteiger partial charge in [-0.1, -0.05) is 57.2 Å². The molecule has 1 aliphatic heterocycles. The third-order valence-electron chi connectivity index (χ3n) is 4.50. The first-order valence-electron chi connectivity index (χ1n) is 8.57. The quantitative estimate of drug-likeness (QED) is 0.622. The highest BCUT2D eigenvalue weighted by Crippen LogP contribution is 2.41. The van der Waals surface area contributed by atoms with Gasteiger partial charge in [0, 0.05) is 24.8 Å². The van der Waals surface area contributed by atoms with E-state index in [2.05, 4.69) is 18.8 Å². The zero-order valence-corrected chi connectivity index (χ0v) is 14.8. The van der Waals surface area contributed by atoms with Gasteiger partial charge in [0.25, 0.3) is 5.91 Å². The van der Waals surface area contributed by atoms with E-state index >= 15 is 0 Å². The summed E-state index contributed by atoms with van der Waals surface area (Å²) in [6.07, 6.45) is 3.62. The van der Waals surface area contributed by atoms with Gasteiger partial charge in [-0.25, -0.2) is 0 Å². The monoisotopic (exact) mass is 329 g/mol. The van der Waals surface area contributed by atoms with Crippen LogP contribution in [0.4, 0.5) is 0 Å². The fourth-order valence-corrected chi connectivity index (χ4v) is 3.15. The fraction of sp³-hybridized carbons (Fsp3) is 0.550. The maximum Gasteiger partial charge on any atom is 0.262 e. The molecule has 1 amide bonds. The van der Waals surface area contributed by atoms with E-state index in [0.717, 1.165) is 36.1 Å². The van der Waals surface area contributed by atoms with Crippen molar-refractivity contribution in [3.8, 4) is 17.6 Å². The number of primary amides is 1. The largest absolute Gasteiger partial charge is 0.493 e. The van der Waals surface area contributed by atoms with Gasteiger partial charge in [-0.3, -0.25) is 4.79 Å². The van der Waals surface area contributed by atoms with E-state index in [1.54, 1.807) is 0 Å². The lowest BCUT2D eigenvalue weighted by Gasteiger charge is -2.32. The summed E-state index contributed by atoms with van der Waals surface area (Å²) in [5.41, 5.74) is 5.27. The Hall–Kier alpha value is -1.99. The van der Waals surface area contributed by atoms with Gasteiger partial charge in [0.2, 0.25) is 5.60 Å². The molecule has 0 saturated carbocycles. The van der Waals surface area contributed by atoms with Crippen molar-refractivity contribution in [2.24, 2.45) is 5.73 Å². The fourth-order valence-electron chi connectivity index (χ4n) is 3.15. The third kappa shape index (κ3) is 3.91. The molecule has 0 aromatic heterocycles. The van der Waals surface area contributed by atoms with Crippen molar-refractivity contribution in [1.29, 1.82) is 0 Å². The Morgan fingerprint density at radius 3 is 2.83 bits per heavy atom. The second kappa shape index (κ2) is 7.27. The molecule has 1 aliphatic rings. The van der Waals surface area contributed by atoms with Crippen LogP contribution in [0.1, 0.15) is 57.6 Å². The highest BCUT2D eigenvalue weighted by molar-refractivity contribution is 5.87. The first-order valence-corrected chi connectivity index (χ1v) is 8.57. The molecular weight excluding hydrogens is 302 g/mol. The van der Waals surface area contributed by atoms with E-state index in [-0.39, 0.29) is 6.42 Å². The minimum absolute atomic E-state index is 0.133. The number of hydrogen-bond acceptors (Lipinski definition) is 3. The Balaban J connectivity index is 2.29. The number of aliphatic hydroxyl groups is 1. The normalized spacial score (nSPS) is 15.7. The van der Waals surface area contributed by atoms with Crippen molar-refractivity contribution in [3.05, 3.63) is 29.3 Å². The minimum atomic E-state index is -1.83. The summed E-state index contributed by atoms with van der Waals surface area (Å²) in [4.78, 5) is 11.9. The molecule has 0 bridgehead atoms. The first kappa shape index (κ1) is 18.4. The summed E-state index contributed by atoms with van der Waals surface area (Å²) in [6.45, 7) is 6.69. The van der Waals surface area contributed by atoms with Gasteiger partial charge < -0.3 is 15.6 Å². The molecule has 24 heavy (non-hydrogen) atoms. The number of unbranched alkanes of at least 4 members (excludes halogenated alkanes) is 2. The van der Waals surface area contributed by atoms with Crippen molar-refractivity contribution >= 4 is 5.91 Å². The Labute approximate surface area is 144 Å². The number of nitrogens with two attached hydrogens (primary N) is 1. The number of carbonyl (C=O) groups is 1. The molecule has 1 aromatic rings. The summed E-state index contributed by atoms with van der Waals surface area (Å²) in [5, 5.41) is 10.7. The van der Waals surface area contributed by atoms with Gasteiger partial charge in [-0.2, -0.15) is 0 Å². The molecule has 0 radical (unpaired) electrons. The van der Waals surface area contributed by atoms with Gasteiger partial charge in [0.15, 0.2) is 0 Å². The van der Waals surface area contributed by atoms with E-state index in [9.17, 15) is 9.90 Å². The number of amides is 1. The molecule has 0 saturated heterocycles. The Morgan fingerprint density at radius 1 is 1.42 bits per heavy atom. The van der Waals surface area contributed by atoms with Crippen LogP contribution in [0.2, 0.25) is 0 Å². The minimum Gasteiger partial charge on any atom is -0.493 e. The van der Waals surface area contributed by atoms with Gasteiger partial charge >= 0.3 is 0 Å². The summed E-state index contributed by atoms with van der Waals surface area (Å²) in [6, 6.07) is 6.02. The summed E-state index contributed by atoms with van der Waals surface area (Å²) >= 11 is 0. The molecule has 0 spiro atoms. The molecule has 130 valence electrons. The Bertz CT molecular complexity index is 669. The van der Waals surface area contributed by atoms with Gasteiger partial charge in [-0.15, -0.1) is 0 Å². The molecular formula is C20H27NO3. The smallest absolute Gasteiger partial charge is 0.262 e. The molecule has 4 heteroatoms. The molecule has 1 aromatic carbocycles. The second-order valence-corrected chi connectivity index (χ2v) is 7.08. The summed E-state index contributed by atoms with van der Waals surface area (Å²) < 4.78 is 5.77. The molecule has 4 nitrogen and oxygen atoms in total. The van der Waals surface area contributed by atoms with Crippen molar-refractivity contribution < 1.29 is 14.6 Å². The number of para-hydroxylation sites is 1. The highest BCUT2D eigenvalue weighted by Gasteiger charge is 2.41. The lowest BCUT2D eigenvalue weighted by molar-refractivity contribution is -0.132. The molecule has 0 fully saturated rings. The standard InChI is InChI=1S/C20H27NO3/c1-4-5-6-7-12-20(23,18(21)22)14-19(2,3)16-10-8-9-15-11-13-24-17(15)16/h8-10,23H,4-6,11,13-14H2,1-3H3,(H2,21,22). The predicted octanol–water partition coefficient (Wildman–Crippen LogP) is 2.70. The van der Waals surface area contributed by atoms with E-state index in [0.29, 0.717) is 13.0 Å². The van der Waals surface area contributed by atoms with E-state index in [1.165, 1.54) is 0 Å². The first-order chi connectivity index (χ1) is 11.3. The van der Waals surface area contributed by atoms with Crippen LogP contribution in [0.3, 0.4) is 0 Å². The lowest BCUT2D eigenvalue weighted by atomic mass is 9.74. The van der Waals surface area contributed by atoms with Crippen LogP contribution in [-0.4, -0.2) is 23.2 Å². The molecule has 1 heterocycles. The lowest BCUT2D eigenvalue weighted by Crippen LogP contribution is -2.47. The molecule has 1 atom stereocenters. The summed E-state index contributed by atoms with van der Waals surface area (Å²) in [5.74, 6) is 5.69. The van der Waals surface area contributed by atoms with Crippen LogP contribution >= 0.6 is 0 Å². The summed E-state index contributed by atoms with van der Waals surface area (Å²) in [7, 11) is 0. The van der Waals surface area contributed by atoms with Gasteiger partial charge in [0.1, 0.15) is 5.75 Å². The highest BCUT2D eigenvalue weighted by atomic mass is 16.5. The maximum absolute atomic E-state index is 11.9. The Morgan fingerprint density at radius 2 is 2.17 bits per heavy atom. The Kier molecular flexibility index (Phi) is 5.56. The van der Waals surface area contributed by atoms with Crippen LogP contribution in [0, 0.1) is 11.8 Å². The average molecular weight is 329 g/mol. The van der Waals surface area contributed by atoms with Crippen LogP contribution in [-0.2, 0) is 16.6 Å². The van der Waals surface area contributed by atoms with Crippen LogP contribution in [0.15, 0.2) is 18.2 Å². The van der Waals surface area contributed by atoms with Gasteiger partial charge in [-0.05, 0) is 17.4 Å². The number of hydrogen-bond donors (Lipinski definition) is 2. The third-order valence-corrected chi connectivity index (χ3v) is 4.50. The van der Waals surface area contributed by atoms with Crippen molar-refractivity contribution in [3.63, 3.8) is 0 Å². The maximum atomic E-state index is 11.9. The topological polar surface area (TPSA) is 72.6 Å². The molecule has 0 aliphatic carbocycles. The van der Waals surface area contributed by atoms with Crippen molar-refractivity contribution in [2.45, 2.75) is 63.9 Å². The molecule has 2 rings (SSSR count). The number of fused-ring (bicyclic) bond motifs is 1. The number of ether oxygens (including phenoxy) is 1. The number of rotatable bonds is 6. The zero-order valence-electron chi connectivity index (χ0n) is 14.8. The van der Waals surface area contributed by atoms with Crippen LogP contribution in [0.25, 0.3) is 0 Å². The van der Waals surface area contributed by atoms with Crippen LogP contribution in [0.5, 0.6) is 5.75 Å². The van der Waals surface area contributed by atoms with Crippen LogP contribution < -0.4 is 10.5 Å². The van der Waals surface area contributed by atoms with Crippen molar-refractivity contribution in [2.75, 3.05) is 6.61 Å². The molecule has 3 N–H and O–H groups in total. The zero-order chi connectivity index (χ0) is 17.8. The van der Waals surface area contributed by atoms with Crippen molar-refractivity contribution in [1.82, 2.24) is 0 Å². The SMILES string of the molecule is CCCCC#CC(O)(CC(C)(C)c1cccc2c1OCC2)C(N)=O. The number of benzene rings is 1. The number of carbonyl (C=O) groups excluding carboxylic acids is 1. The second-order valence-electron chi connectivity index (χ2n) is 7.08. The van der Waals surface area contributed by atoms with E-state index < -0.39 is 16.9 Å². The molecule has 1 unspecified atom stereocenters. The predicted molar refractivity (Wildman–Crippen MR) is 94.7 cm³/mol. The average Bonchev–Trinajstić information content (AvgIpc) is 2.99. The van der Waals surface area contributed by atoms with Gasteiger partial charge in [0.05, 0.1) is 6.61 Å². The van der Waals surface area contributed by atoms with E-state index in [1.807, 2.05) is 32.0 Å². The van der Waals surface area contributed by atoms with E-state index in [4.69, 9.17) is 10.5 Å².